The number of aliphatic imine (C=N–C) groups is 1. The molecular formula is C14H19N2O5Se. The van der Waals surface area contributed by atoms with Gasteiger partial charge in [0, 0.05) is 0 Å². The molecule has 8 heteroatoms. The number of hydrogen-bond donors (Lipinski definition) is 5. The van der Waals surface area contributed by atoms with E-state index in [1.165, 1.54) is 4.90 Å². The van der Waals surface area contributed by atoms with E-state index in [0.717, 1.165) is 5.56 Å². The maximum absolute atomic E-state index is 10.4. The van der Waals surface area contributed by atoms with Crippen LogP contribution < -0.4 is 4.90 Å². The number of aliphatic hydroxyl groups excluding tert-OH is 5. The van der Waals surface area contributed by atoms with Gasteiger partial charge >= 0.3 is 136 Å². The summed E-state index contributed by atoms with van der Waals surface area (Å²) in [7, 11) is 0. The van der Waals surface area contributed by atoms with Crippen LogP contribution in [0.4, 0.5) is 5.69 Å². The van der Waals surface area contributed by atoms with E-state index >= 15 is 0 Å². The van der Waals surface area contributed by atoms with Crippen molar-refractivity contribution in [1.29, 1.82) is 0 Å². The Hall–Kier alpha value is -0.991. The van der Waals surface area contributed by atoms with E-state index in [1.54, 1.807) is 12.1 Å². The first-order valence-corrected chi connectivity index (χ1v) is 7.66. The van der Waals surface area contributed by atoms with Gasteiger partial charge in [0.2, 0.25) is 0 Å². The second-order valence-electron chi connectivity index (χ2n) is 5.25. The van der Waals surface area contributed by atoms with E-state index in [9.17, 15) is 20.4 Å². The van der Waals surface area contributed by atoms with Gasteiger partial charge in [-0.15, -0.1) is 0 Å². The minimum absolute atomic E-state index is 0.367. The predicted octanol–water partition coefficient (Wildman–Crippen LogP) is -1.90. The molecule has 5 N–H and O–H groups in total. The number of benzene rings is 1. The molecule has 22 heavy (non-hydrogen) atoms. The summed E-state index contributed by atoms with van der Waals surface area (Å²) < 4.78 is 0.367. The van der Waals surface area contributed by atoms with Crippen molar-refractivity contribution in [2.75, 3.05) is 11.5 Å². The summed E-state index contributed by atoms with van der Waals surface area (Å²) in [5.41, 5.74) is 1.75. The summed E-state index contributed by atoms with van der Waals surface area (Å²) >= 11 is 2.71. The summed E-state index contributed by atoms with van der Waals surface area (Å²) in [6, 6.07) is 6.32. The Morgan fingerprint density at radius 3 is 2.36 bits per heavy atom. The van der Waals surface area contributed by atoms with Crippen LogP contribution >= 0.6 is 0 Å². The Labute approximate surface area is 136 Å². The average Bonchev–Trinajstić information content (AvgIpc) is 2.81. The van der Waals surface area contributed by atoms with Crippen LogP contribution in [0.3, 0.4) is 0 Å². The van der Waals surface area contributed by atoms with Crippen LogP contribution in [-0.4, -0.2) is 83.5 Å². The zero-order chi connectivity index (χ0) is 16.4. The summed E-state index contributed by atoms with van der Waals surface area (Å²) in [5, 5.41) is 48.5. The summed E-state index contributed by atoms with van der Waals surface area (Å²) in [6.45, 7) is 1.24. The van der Waals surface area contributed by atoms with Crippen molar-refractivity contribution in [3.8, 4) is 0 Å². The van der Waals surface area contributed by atoms with Crippen LogP contribution in [0.2, 0.25) is 0 Å². The van der Waals surface area contributed by atoms with E-state index in [0.29, 0.717) is 10.4 Å². The third-order valence-electron chi connectivity index (χ3n) is 3.63. The summed E-state index contributed by atoms with van der Waals surface area (Å²) in [4.78, 5) is 5.61. The van der Waals surface area contributed by atoms with Crippen LogP contribution in [-0.2, 0) is 0 Å². The van der Waals surface area contributed by atoms with Gasteiger partial charge in [-0.1, -0.05) is 0 Å². The molecule has 0 aromatic heterocycles. The van der Waals surface area contributed by atoms with Crippen LogP contribution in [0.15, 0.2) is 29.3 Å². The molecule has 0 saturated carbocycles. The Kier molecular flexibility index (Phi) is 5.57. The number of rotatable bonds is 5. The second-order valence-corrected chi connectivity index (χ2v) is 6.02. The Morgan fingerprint density at radius 2 is 1.82 bits per heavy atom. The van der Waals surface area contributed by atoms with Crippen LogP contribution in [0.25, 0.3) is 0 Å². The van der Waals surface area contributed by atoms with Crippen molar-refractivity contribution in [2.45, 2.75) is 37.5 Å². The predicted molar refractivity (Wildman–Crippen MR) is 81.7 cm³/mol. The first-order valence-electron chi connectivity index (χ1n) is 6.80. The third kappa shape index (κ3) is 3.33. The molecule has 0 fully saturated rings. The fraction of sp³-hybridized carbons (Fsp3) is 0.500. The number of nitrogens with zero attached hydrogens (tertiary/aromatic N) is 2. The molecule has 1 radical (unpaired) electrons. The molecule has 1 aromatic carbocycles. The quantitative estimate of drug-likeness (QED) is 0.385. The standard InChI is InChI=1S/C14H19N2O5Se/c1-7-2-4-8(5-3-7)16-13(21)10(15-14(16)22)12(20)11(19)9(18)6-17/h2-5,9-13,17-21H,6H2,1H3/t9-,10-,11-,12-,13-/m1/s1. The molecule has 1 heterocycles. The van der Waals surface area contributed by atoms with Crippen molar-refractivity contribution < 1.29 is 25.5 Å². The van der Waals surface area contributed by atoms with Crippen molar-refractivity contribution >= 4 is 26.4 Å². The van der Waals surface area contributed by atoms with Crippen molar-refractivity contribution in [3.63, 3.8) is 0 Å². The van der Waals surface area contributed by atoms with E-state index in [4.69, 9.17) is 5.11 Å². The van der Waals surface area contributed by atoms with Crippen LogP contribution in [0.1, 0.15) is 5.56 Å². The van der Waals surface area contributed by atoms with Gasteiger partial charge in [0.25, 0.3) is 0 Å². The summed E-state index contributed by atoms with van der Waals surface area (Å²) in [6.07, 6.45) is -5.83. The number of aliphatic hydroxyl groups is 5. The average molecular weight is 374 g/mol. The van der Waals surface area contributed by atoms with Gasteiger partial charge in [-0.05, 0) is 0 Å². The molecule has 1 aliphatic rings. The molecule has 1 aliphatic heterocycles. The molecule has 0 bridgehead atoms. The monoisotopic (exact) mass is 375 g/mol. The number of amidine groups is 1. The van der Waals surface area contributed by atoms with Gasteiger partial charge < -0.3 is 0 Å². The first kappa shape index (κ1) is 17.4. The molecule has 0 aliphatic carbocycles. The molecule has 5 atom stereocenters. The minimum atomic E-state index is -1.61. The molecule has 2 rings (SSSR count). The Morgan fingerprint density at radius 1 is 1.23 bits per heavy atom. The second kappa shape index (κ2) is 7.06. The molecular weight excluding hydrogens is 355 g/mol. The molecule has 1 aromatic rings. The normalized spacial score (nSPS) is 25.7. The van der Waals surface area contributed by atoms with E-state index in [-0.39, 0.29) is 0 Å². The van der Waals surface area contributed by atoms with Crippen molar-refractivity contribution in [3.05, 3.63) is 29.8 Å². The Balaban J connectivity index is 2.19. The van der Waals surface area contributed by atoms with E-state index < -0.39 is 37.2 Å². The molecule has 0 spiro atoms. The van der Waals surface area contributed by atoms with Gasteiger partial charge in [-0.3, -0.25) is 0 Å². The Bertz CT molecular complexity index is 539. The molecule has 0 amide bonds. The molecule has 121 valence electrons. The number of hydrogen-bond acceptors (Lipinski definition) is 7. The van der Waals surface area contributed by atoms with Crippen LogP contribution in [0.5, 0.6) is 0 Å². The number of aryl methyl sites for hydroxylation is 1. The molecule has 0 saturated heterocycles. The fourth-order valence-electron chi connectivity index (χ4n) is 2.28. The van der Waals surface area contributed by atoms with Gasteiger partial charge in [-0.2, -0.15) is 0 Å². The van der Waals surface area contributed by atoms with E-state index in [2.05, 4.69) is 21.0 Å². The topological polar surface area (TPSA) is 117 Å². The van der Waals surface area contributed by atoms with Gasteiger partial charge in [0.05, 0.1) is 0 Å². The first-order chi connectivity index (χ1) is 10.4. The van der Waals surface area contributed by atoms with E-state index in [1.807, 2.05) is 19.1 Å². The van der Waals surface area contributed by atoms with Gasteiger partial charge in [-0.25, -0.2) is 0 Å². The van der Waals surface area contributed by atoms with Crippen molar-refractivity contribution in [2.24, 2.45) is 4.99 Å². The zero-order valence-electron chi connectivity index (χ0n) is 11.9. The third-order valence-corrected chi connectivity index (χ3v) is 4.26. The van der Waals surface area contributed by atoms with Gasteiger partial charge in [0.1, 0.15) is 0 Å². The fourth-order valence-corrected chi connectivity index (χ4v) is 2.98. The molecule has 7 nitrogen and oxygen atoms in total. The maximum atomic E-state index is 10.4. The van der Waals surface area contributed by atoms with Crippen molar-refractivity contribution in [1.82, 2.24) is 0 Å². The number of anilines is 1. The molecule has 0 unspecified atom stereocenters. The van der Waals surface area contributed by atoms with Gasteiger partial charge in [0.15, 0.2) is 0 Å². The SMILES string of the molecule is Cc1ccc(N2C([Se])=N[C@H]([C@@H](O)[C@H](O)[C@H](O)CO)[C@H]2O)cc1. The zero-order valence-corrected chi connectivity index (χ0v) is 13.7. The van der Waals surface area contributed by atoms with Crippen LogP contribution in [0, 0.1) is 6.92 Å². The summed E-state index contributed by atoms with van der Waals surface area (Å²) in [5.74, 6) is 0.